The van der Waals surface area contributed by atoms with Crippen molar-refractivity contribution in [3.63, 3.8) is 0 Å². The zero-order valence-corrected chi connectivity index (χ0v) is 13.3. The Morgan fingerprint density at radius 2 is 1.89 bits per heavy atom. The maximum Gasteiger partial charge on any atom is 0.226 e. The van der Waals surface area contributed by atoms with Crippen LogP contribution in [-0.4, -0.2) is 28.7 Å². The number of hydrogen-bond acceptors (Lipinski definition) is 1. The number of carbonyl (C=O) groups excluding carboxylic acids is 1. The first kappa shape index (κ1) is 14.4. The first-order valence-electron chi connectivity index (χ1n) is 7.43. The normalized spacial score (nSPS) is 27.6. The van der Waals surface area contributed by atoms with E-state index >= 15 is 0 Å². The van der Waals surface area contributed by atoms with E-state index in [-0.39, 0.29) is 11.3 Å². The molecule has 1 amide bonds. The summed E-state index contributed by atoms with van der Waals surface area (Å²) >= 11 is 3.51. The van der Waals surface area contributed by atoms with Crippen molar-refractivity contribution in [1.29, 1.82) is 0 Å². The van der Waals surface area contributed by atoms with Crippen molar-refractivity contribution in [3.05, 3.63) is 0 Å². The second-order valence-corrected chi connectivity index (χ2v) is 7.39. The largest absolute Gasteiger partial charge is 0.339 e. The first-order valence-corrected chi connectivity index (χ1v) is 8.55. The Morgan fingerprint density at radius 1 is 1.22 bits per heavy atom. The van der Waals surface area contributed by atoms with Gasteiger partial charge < -0.3 is 4.90 Å². The van der Waals surface area contributed by atoms with E-state index in [9.17, 15) is 4.79 Å². The van der Waals surface area contributed by atoms with Crippen molar-refractivity contribution < 1.29 is 4.79 Å². The average Bonchev–Trinajstić information content (AvgIpc) is 2.94. The maximum atomic E-state index is 12.8. The van der Waals surface area contributed by atoms with Crippen LogP contribution < -0.4 is 0 Å². The van der Waals surface area contributed by atoms with E-state index in [1.807, 2.05) is 0 Å². The number of alkyl halides is 1. The molecular weight excluding hydrogens is 290 g/mol. The summed E-state index contributed by atoms with van der Waals surface area (Å²) in [6.07, 6.45) is 8.54. The molecule has 2 fully saturated rings. The van der Waals surface area contributed by atoms with Crippen LogP contribution in [0.1, 0.15) is 58.8 Å². The quantitative estimate of drug-likeness (QED) is 0.719. The Labute approximate surface area is 120 Å². The van der Waals surface area contributed by atoms with Gasteiger partial charge in [-0.05, 0) is 31.1 Å². The maximum absolute atomic E-state index is 12.8. The van der Waals surface area contributed by atoms with Crippen molar-refractivity contribution >= 4 is 21.8 Å². The Kier molecular flexibility index (Phi) is 4.74. The SMILES string of the molecule is CC1(C)CCCC1C(=O)N(CCBr)C1CCCC1. The summed E-state index contributed by atoms with van der Waals surface area (Å²) < 4.78 is 0. The van der Waals surface area contributed by atoms with Gasteiger partial charge in [-0.15, -0.1) is 0 Å². The van der Waals surface area contributed by atoms with Crippen LogP contribution in [0.2, 0.25) is 0 Å². The number of halogens is 1. The van der Waals surface area contributed by atoms with Gasteiger partial charge >= 0.3 is 0 Å². The highest BCUT2D eigenvalue weighted by atomic mass is 79.9. The fraction of sp³-hybridized carbons (Fsp3) is 0.933. The molecule has 3 heteroatoms. The molecule has 1 atom stereocenters. The van der Waals surface area contributed by atoms with Crippen molar-refractivity contribution in [2.24, 2.45) is 11.3 Å². The molecule has 0 aliphatic heterocycles. The van der Waals surface area contributed by atoms with E-state index in [0.29, 0.717) is 11.9 Å². The van der Waals surface area contributed by atoms with Gasteiger partial charge in [0.1, 0.15) is 0 Å². The van der Waals surface area contributed by atoms with Crippen molar-refractivity contribution in [2.75, 3.05) is 11.9 Å². The van der Waals surface area contributed by atoms with Gasteiger partial charge in [0.25, 0.3) is 0 Å². The summed E-state index contributed by atoms with van der Waals surface area (Å²) in [5.74, 6) is 0.695. The van der Waals surface area contributed by atoms with Crippen molar-refractivity contribution in [2.45, 2.75) is 64.8 Å². The van der Waals surface area contributed by atoms with Gasteiger partial charge in [-0.3, -0.25) is 4.79 Å². The molecule has 2 saturated carbocycles. The molecule has 2 aliphatic rings. The van der Waals surface area contributed by atoms with Crippen molar-refractivity contribution in [1.82, 2.24) is 4.90 Å². The lowest BCUT2D eigenvalue weighted by Gasteiger charge is -2.35. The highest BCUT2D eigenvalue weighted by Crippen LogP contribution is 2.44. The zero-order chi connectivity index (χ0) is 13.2. The lowest BCUT2D eigenvalue weighted by Crippen LogP contribution is -2.45. The Morgan fingerprint density at radius 3 is 2.39 bits per heavy atom. The fourth-order valence-electron chi connectivity index (χ4n) is 3.76. The Hall–Kier alpha value is -0.0500. The molecule has 0 N–H and O–H groups in total. The van der Waals surface area contributed by atoms with Crippen LogP contribution in [-0.2, 0) is 4.79 Å². The number of carbonyl (C=O) groups is 1. The van der Waals surface area contributed by atoms with E-state index < -0.39 is 0 Å². The third kappa shape index (κ3) is 2.92. The van der Waals surface area contributed by atoms with Gasteiger partial charge in [-0.25, -0.2) is 0 Å². The smallest absolute Gasteiger partial charge is 0.226 e. The summed E-state index contributed by atoms with van der Waals surface area (Å²) in [4.78, 5) is 15.0. The highest BCUT2D eigenvalue weighted by Gasteiger charge is 2.42. The van der Waals surface area contributed by atoms with Crippen LogP contribution in [0.3, 0.4) is 0 Å². The molecule has 2 aliphatic carbocycles. The predicted molar refractivity (Wildman–Crippen MR) is 78.9 cm³/mol. The van der Waals surface area contributed by atoms with Crippen LogP contribution in [0.25, 0.3) is 0 Å². The van der Waals surface area contributed by atoms with E-state index in [4.69, 9.17) is 0 Å². The van der Waals surface area contributed by atoms with Gasteiger partial charge in [0.05, 0.1) is 0 Å². The van der Waals surface area contributed by atoms with E-state index in [1.165, 1.54) is 38.5 Å². The molecule has 2 nitrogen and oxygen atoms in total. The van der Waals surface area contributed by atoms with Crippen LogP contribution in [0.5, 0.6) is 0 Å². The van der Waals surface area contributed by atoms with Gasteiger partial charge in [0, 0.05) is 23.8 Å². The molecule has 2 rings (SSSR count). The number of nitrogens with zero attached hydrogens (tertiary/aromatic N) is 1. The van der Waals surface area contributed by atoms with Crippen LogP contribution >= 0.6 is 15.9 Å². The lowest BCUT2D eigenvalue weighted by molar-refractivity contribution is -0.140. The van der Waals surface area contributed by atoms with E-state index in [0.717, 1.165) is 18.3 Å². The molecule has 0 spiro atoms. The Bertz CT molecular complexity index is 297. The summed E-state index contributed by atoms with van der Waals surface area (Å²) in [6, 6.07) is 0.520. The summed E-state index contributed by atoms with van der Waals surface area (Å²) in [5.41, 5.74) is 0.209. The molecular formula is C15H26BrNO. The van der Waals surface area contributed by atoms with Gasteiger partial charge in [-0.2, -0.15) is 0 Å². The minimum absolute atomic E-state index is 0.209. The molecule has 0 aromatic heterocycles. The van der Waals surface area contributed by atoms with Crippen LogP contribution in [0, 0.1) is 11.3 Å². The number of hydrogen-bond donors (Lipinski definition) is 0. The van der Waals surface area contributed by atoms with Crippen LogP contribution in [0.4, 0.5) is 0 Å². The highest BCUT2D eigenvalue weighted by molar-refractivity contribution is 9.09. The molecule has 0 aromatic rings. The first-order chi connectivity index (χ1) is 8.56. The van der Waals surface area contributed by atoms with Crippen molar-refractivity contribution in [3.8, 4) is 0 Å². The summed E-state index contributed by atoms with van der Waals surface area (Å²) in [7, 11) is 0. The number of rotatable bonds is 4. The van der Waals surface area contributed by atoms with Gasteiger partial charge in [0.15, 0.2) is 0 Å². The molecule has 0 heterocycles. The van der Waals surface area contributed by atoms with Crippen LogP contribution in [0.15, 0.2) is 0 Å². The topological polar surface area (TPSA) is 20.3 Å². The van der Waals surface area contributed by atoms with E-state index in [2.05, 4.69) is 34.7 Å². The Balaban J connectivity index is 2.07. The fourth-order valence-corrected chi connectivity index (χ4v) is 4.15. The molecule has 1 unspecified atom stereocenters. The third-order valence-corrected chi connectivity index (χ3v) is 5.28. The second-order valence-electron chi connectivity index (χ2n) is 6.59. The monoisotopic (exact) mass is 315 g/mol. The standard InChI is InChI=1S/C15H26BrNO/c1-15(2)9-5-8-13(15)14(18)17(11-10-16)12-6-3-4-7-12/h12-13H,3-11H2,1-2H3. The number of amides is 1. The zero-order valence-electron chi connectivity index (χ0n) is 11.8. The van der Waals surface area contributed by atoms with Gasteiger partial charge in [0.2, 0.25) is 5.91 Å². The van der Waals surface area contributed by atoms with E-state index in [1.54, 1.807) is 0 Å². The molecule has 0 radical (unpaired) electrons. The lowest BCUT2D eigenvalue weighted by atomic mass is 9.81. The molecule has 0 saturated heterocycles. The minimum Gasteiger partial charge on any atom is -0.339 e. The molecule has 104 valence electrons. The molecule has 0 bridgehead atoms. The summed E-state index contributed by atoms with van der Waals surface area (Å²) in [6.45, 7) is 5.42. The minimum atomic E-state index is 0.209. The predicted octanol–water partition coefficient (Wildman–Crippen LogP) is 3.98. The third-order valence-electron chi connectivity index (χ3n) is 4.93. The second kappa shape index (κ2) is 5.94. The molecule has 0 aromatic carbocycles. The van der Waals surface area contributed by atoms with Gasteiger partial charge in [-0.1, -0.05) is 49.0 Å². The summed E-state index contributed by atoms with van der Waals surface area (Å²) in [5, 5.41) is 0.905. The average molecular weight is 316 g/mol. The molecule has 18 heavy (non-hydrogen) atoms.